The number of nitrogens with zero attached hydrogens (tertiary/aromatic N) is 2. The zero-order valence-corrected chi connectivity index (χ0v) is 16.6. The molecule has 0 unspecified atom stereocenters. The van der Waals surface area contributed by atoms with Gasteiger partial charge in [-0.05, 0) is 43.7 Å². The molecule has 1 heterocycles. The number of ether oxygens (including phenoxy) is 1. The van der Waals surface area contributed by atoms with E-state index < -0.39 is 0 Å². The summed E-state index contributed by atoms with van der Waals surface area (Å²) in [4.78, 5) is 16.8. The summed E-state index contributed by atoms with van der Waals surface area (Å²) in [6.45, 7) is 8.37. The maximum absolute atomic E-state index is 12.4. The zero-order valence-electron chi connectivity index (χ0n) is 15.9. The average Bonchev–Trinajstić information content (AvgIpc) is 2.65. The summed E-state index contributed by atoms with van der Waals surface area (Å²) in [5, 5.41) is 3.48. The van der Waals surface area contributed by atoms with Gasteiger partial charge in [0.2, 0.25) is 5.91 Å². The molecule has 144 valence electrons. The predicted octanol–water partition coefficient (Wildman–Crippen LogP) is 3.81. The fourth-order valence-electron chi connectivity index (χ4n) is 3.26. The molecule has 1 saturated heterocycles. The monoisotopic (exact) mass is 387 g/mol. The van der Waals surface area contributed by atoms with Crippen LogP contribution < -0.4 is 15.0 Å². The Labute approximate surface area is 165 Å². The summed E-state index contributed by atoms with van der Waals surface area (Å²) in [5.74, 6) is 0.879. The number of halogens is 1. The number of para-hydroxylation sites is 2. The second-order valence-corrected chi connectivity index (χ2v) is 7.10. The van der Waals surface area contributed by atoms with Crippen LogP contribution in [0.4, 0.5) is 11.4 Å². The van der Waals surface area contributed by atoms with Gasteiger partial charge in [-0.15, -0.1) is 0 Å². The molecular weight excluding hydrogens is 362 g/mol. The van der Waals surface area contributed by atoms with E-state index in [4.69, 9.17) is 16.3 Å². The van der Waals surface area contributed by atoms with E-state index in [1.165, 1.54) is 0 Å². The first kappa shape index (κ1) is 19.5. The van der Waals surface area contributed by atoms with Crippen molar-refractivity contribution in [2.24, 2.45) is 0 Å². The van der Waals surface area contributed by atoms with Gasteiger partial charge < -0.3 is 15.0 Å². The number of amides is 1. The lowest BCUT2D eigenvalue weighted by molar-refractivity contribution is -0.117. The van der Waals surface area contributed by atoms with Gasteiger partial charge in [-0.3, -0.25) is 9.69 Å². The number of benzene rings is 2. The molecule has 0 spiro atoms. The molecule has 0 aliphatic carbocycles. The first-order chi connectivity index (χ1) is 13.1. The van der Waals surface area contributed by atoms with Crippen LogP contribution in [0.5, 0.6) is 5.75 Å². The van der Waals surface area contributed by atoms with E-state index in [0.29, 0.717) is 23.9 Å². The minimum Gasteiger partial charge on any atom is -0.492 e. The normalized spacial score (nSPS) is 14.9. The number of piperazine rings is 1. The van der Waals surface area contributed by atoms with Crippen LogP contribution in [0.25, 0.3) is 0 Å². The molecule has 5 nitrogen and oxygen atoms in total. The number of hydrogen-bond acceptors (Lipinski definition) is 4. The zero-order chi connectivity index (χ0) is 19.2. The third-order valence-corrected chi connectivity index (χ3v) is 4.96. The molecule has 0 atom stereocenters. The van der Waals surface area contributed by atoms with E-state index in [2.05, 4.69) is 21.2 Å². The summed E-state index contributed by atoms with van der Waals surface area (Å²) in [7, 11) is 0. The Hall–Kier alpha value is -2.24. The average molecular weight is 388 g/mol. The third kappa shape index (κ3) is 5.15. The van der Waals surface area contributed by atoms with Gasteiger partial charge in [0, 0.05) is 26.2 Å². The van der Waals surface area contributed by atoms with Crippen molar-refractivity contribution in [3.05, 3.63) is 53.1 Å². The van der Waals surface area contributed by atoms with E-state index in [1.807, 2.05) is 50.2 Å². The predicted molar refractivity (Wildman–Crippen MR) is 111 cm³/mol. The van der Waals surface area contributed by atoms with Gasteiger partial charge >= 0.3 is 0 Å². The Morgan fingerprint density at radius 2 is 1.89 bits per heavy atom. The van der Waals surface area contributed by atoms with Gasteiger partial charge in [-0.25, -0.2) is 0 Å². The van der Waals surface area contributed by atoms with Crippen LogP contribution in [0.1, 0.15) is 12.5 Å². The van der Waals surface area contributed by atoms with E-state index in [0.717, 1.165) is 43.2 Å². The van der Waals surface area contributed by atoms with Crippen LogP contribution in [0.3, 0.4) is 0 Å². The molecule has 27 heavy (non-hydrogen) atoms. The van der Waals surface area contributed by atoms with E-state index in [1.54, 1.807) is 0 Å². The summed E-state index contributed by atoms with van der Waals surface area (Å²) in [5.41, 5.74) is 2.85. The Balaban J connectivity index is 1.53. The van der Waals surface area contributed by atoms with Crippen LogP contribution in [-0.4, -0.2) is 50.1 Å². The maximum atomic E-state index is 12.4. The Morgan fingerprint density at radius 3 is 2.59 bits per heavy atom. The summed E-state index contributed by atoms with van der Waals surface area (Å²) >= 11 is 6.20. The van der Waals surface area contributed by atoms with E-state index in [9.17, 15) is 4.79 Å². The van der Waals surface area contributed by atoms with Crippen LogP contribution in [0, 0.1) is 6.92 Å². The van der Waals surface area contributed by atoms with Crippen molar-refractivity contribution in [1.29, 1.82) is 0 Å². The molecule has 0 radical (unpaired) electrons. The topological polar surface area (TPSA) is 44.8 Å². The summed E-state index contributed by atoms with van der Waals surface area (Å²) < 4.78 is 5.74. The Kier molecular flexibility index (Phi) is 6.58. The molecule has 0 bridgehead atoms. The third-order valence-electron chi connectivity index (χ3n) is 4.64. The van der Waals surface area contributed by atoms with Gasteiger partial charge in [-0.1, -0.05) is 29.8 Å². The van der Waals surface area contributed by atoms with Crippen molar-refractivity contribution in [2.45, 2.75) is 13.8 Å². The molecule has 1 aliphatic heterocycles. The standard InChI is InChI=1S/C21H26ClN3O2/c1-3-27-20-7-5-4-6-19(20)25-12-10-24(11-13-25)15-21(26)23-18-9-8-16(2)14-17(18)22/h4-9,14H,3,10-13,15H2,1-2H3,(H,23,26). The fraction of sp³-hybridized carbons (Fsp3) is 0.381. The number of aryl methyl sites for hydroxylation is 1. The lowest BCUT2D eigenvalue weighted by Crippen LogP contribution is -2.48. The number of rotatable bonds is 6. The molecule has 1 fully saturated rings. The molecule has 6 heteroatoms. The maximum Gasteiger partial charge on any atom is 0.238 e. The van der Waals surface area contributed by atoms with Crippen LogP contribution >= 0.6 is 11.6 Å². The molecule has 2 aromatic carbocycles. The summed E-state index contributed by atoms with van der Waals surface area (Å²) in [6, 6.07) is 13.8. The van der Waals surface area contributed by atoms with Crippen molar-refractivity contribution in [3.63, 3.8) is 0 Å². The second kappa shape index (κ2) is 9.11. The van der Waals surface area contributed by atoms with Gasteiger partial charge in [0.05, 0.1) is 29.5 Å². The summed E-state index contributed by atoms with van der Waals surface area (Å²) in [6.07, 6.45) is 0. The molecule has 2 aromatic rings. The van der Waals surface area contributed by atoms with Crippen molar-refractivity contribution < 1.29 is 9.53 Å². The van der Waals surface area contributed by atoms with Gasteiger partial charge in [-0.2, -0.15) is 0 Å². The minimum absolute atomic E-state index is 0.0380. The van der Waals surface area contributed by atoms with Gasteiger partial charge in [0.1, 0.15) is 5.75 Å². The number of anilines is 2. The highest BCUT2D eigenvalue weighted by molar-refractivity contribution is 6.33. The van der Waals surface area contributed by atoms with Crippen molar-refractivity contribution in [3.8, 4) is 5.75 Å². The smallest absolute Gasteiger partial charge is 0.238 e. The lowest BCUT2D eigenvalue weighted by Gasteiger charge is -2.36. The molecule has 1 N–H and O–H groups in total. The fourth-order valence-corrected chi connectivity index (χ4v) is 3.54. The van der Waals surface area contributed by atoms with Gasteiger partial charge in [0.25, 0.3) is 0 Å². The van der Waals surface area contributed by atoms with Crippen LogP contribution in [0.15, 0.2) is 42.5 Å². The first-order valence-electron chi connectivity index (χ1n) is 9.32. The molecule has 0 aromatic heterocycles. The highest BCUT2D eigenvalue weighted by Gasteiger charge is 2.21. The number of hydrogen-bond donors (Lipinski definition) is 1. The second-order valence-electron chi connectivity index (χ2n) is 6.70. The van der Waals surface area contributed by atoms with E-state index >= 15 is 0 Å². The first-order valence-corrected chi connectivity index (χ1v) is 9.69. The quantitative estimate of drug-likeness (QED) is 0.818. The molecule has 3 rings (SSSR count). The number of carbonyl (C=O) groups excluding carboxylic acids is 1. The highest BCUT2D eigenvalue weighted by Crippen LogP contribution is 2.29. The molecule has 1 aliphatic rings. The highest BCUT2D eigenvalue weighted by atomic mass is 35.5. The number of nitrogens with one attached hydrogen (secondary N) is 1. The Morgan fingerprint density at radius 1 is 1.15 bits per heavy atom. The van der Waals surface area contributed by atoms with Gasteiger partial charge in [0.15, 0.2) is 0 Å². The van der Waals surface area contributed by atoms with Crippen molar-refractivity contribution in [1.82, 2.24) is 4.90 Å². The molecule has 1 amide bonds. The van der Waals surface area contributed by atoms with Crippen molar-refractivity contribution >= 4 is 28.9 Å². The van der Waals surface area contributed by atoms with Crippen LogP contribution in [0.2, 0.25) is 5.02 Å². The van der Waals surface area contributed by atoms with E-state index in [-0.39, 0.29) is 5.91 Å². The van der Waals surface area contributed by atoms with Crippen molar-refractivity contribution in [2.75, 3.05) is 49.5 Å². The number of carbonyl (C=O) groups is 1. The molecular formula is C21H26ClN3O2. The largest absolute Gasteiger partial charge is 0.492 e. The lowest BCUT2D eigenvalue weighted by atomic mass is 10.2. The minimum atomic E-state index is -0.0380. The Bertz CT molecular complexity index is 789. The SMILES string of the molecule is CCOc1ccccc1N1CCN(CC(=O)Nc2ccc(C)cc2Cl)CC1. The molecule has 0 saturated carbocycles. The van der Waals surface area contributed by atoms with Crippen LogP contribution in [-0.2, 0) is 4.79 Å².